The van der Waals surface area contributed by atoms with Crippen LogP contribution in [0.3, 0.4) is 0 Å². The molecule has 176 valence electrons. The van der Waals surface area contributed by atoms with Crippen LogP contribution >= 0.6 is 0 Å². The van der Waals surface area contributed by atoms with Gasteiger partial charge in [0.05, 0.1) is 0 Å². The van der Waals surface area contributed by atoms with Crippen LogP contribution in [0.1, 0.15) is 13.3 Å². The van der Waals surface area contributed by atoms with Crippen LogP contribution in [0, 0.1) is 0 Å². The molecule has 0 aliphatic heterocycles. The van der Waals surface area contributed by atoms with Gasteiger partial charge in [-0.15, -0.1) is 0 Å². The highest BCUT2D eigenvalue weighted by atomic mass is 32.2. The van der Waals surface area contributed by atoms with E-state index in [1.165, 1.54) is 0 Å². The van der Waals surface area contributed by atoms with E-state index in [9.17, 15) is 61.1 Å². The zero-order valence-electron chi connectivity index (χ0n) is 14.2. The molecule has 0 saturated carbocycles. The number of pyridine rings is 1. The summed E-state index contributed by atoms with van der Waals surface area (Å²) in [5.74, 6) is -37.1. The van der Waals surface area contributed by atoms with Crippen LogP contribution in [-0.2, 0) is 10.1 Å². The standard InChI is InChI=1S/C8H6F12O3S.C5H5N/c1-2-3(9,10)4(11,12)5(13,14)6(15,16)7(17,18)8(19,20)24(21,22)23;1-2-4-6-5-3-1/h2H2,1H3,(H,21,22,23);1-5H. The summed E-state index contributed by atoms with van der Waals surface area (Å²) in [6.45, 7) is 0.0626. The third-order valence-electron chi connectivity index (χ3n) is 3.34. The van der Waals surface area contributed by atoms with Crippen molar-refractivity contribution in [2.45, 2.75) is 48.2 Å². The van der Waals surface area contributed by atoms with Crippen LogP contribution in [0.2, 0.25) is 0 Å². The lowest BCUT2D eigenvalue weighted by Gasteiger charge is -2.40. The Morgan fingerprint density at radius 1 is 0.700 bits per heavy atom. The van der Waals surface area contributed by atoms with Gasteiger partial charge >= 0.3 is 45.0 Å². The van der Waals surface area contributed by atoms with Crippen LogP contribution in [0.5, 0.6) is 0 Å². The molecule has 1 aromatic heterocycles. The van der Waals surface area contributed by atoms with Crippen molar-refractivity contribution >= 4 is 10.1 Å². The summed E-state index contributed by atoms with van der Waals surface area (Å²) in [6.07, 6.45) is 1.21. The molecule has 1 N–H and O–H groups in total. The minimum atomic E-state index is -8.01. The highest BCUT2D eigenvalue weighted by Gasteiger charge is 2.91. The minimum absolute atomic E-state index is 0.0626. The van der Waals surface area contributed by atoms with Gasteiger partial charge in [-0.2, -0.15) is 61.1 Å². The quantitative estimate of drug-likeness (QED) is 0.426. The van der Waals surface area contributed by atoms with Gasteiger partial charge in [0.25, 0.3) is 0 Å². The molecule has 0 aromatic carbocycles. The first-order valence-corrected chi connectivity index (χ1v) is 8.59. The lowest BCUT2D eigenvalue weighted by Crippen LogP contribution is -2.71. The van der Waals surface area contributed by atoms with Gasteiger partial charge in [0.1, 0.15) is 0 Å². The van der Waals surface area contributed by atoms with Crippen molar-refractivity contribution in [1.29, 1.82) is 0 Å². The maximum atomic E-state index is 13.0. The van der Waals surface area contributed by atoms with Crippen LogP contribution in [0.4, 0.5) is 52.7 Å². The predicted octanol–water partition coefficient (Wildman–Crippen LogP) is 5.14. The van der Waals surface area contributed by atoms with Crippen LogP contribution in [-0.4, -0.2) is 52.8 Å². The molecule has 1 aromatic rings. The molecular weight excluding hydrogens is 478 g/mol. The molecule has 0 radical (unpaired) electrons. The van der Waals surface area contributed by atoms with Crippen molar-refractivity contribution < 1.29 is 65.7 Å². The van der Waals surface area contributed by atoms with Crippen LogP contribution in [0.15, 0.2) is 30.6 Å². The molecular formula is C13H11F12NO3S. The Morgan fingerprint density at radius 2 is 1.07 bits per heavy atom. The van der Waals surface area contributed by atoms with Crippen molar-refractivity contribution in [3.8, 4) is 0 Å². The second-order valence-electron chi connectivity index (χ2n) is 5.37. The largest absolute Gasteiger partial charge is 0.438 e. The minimum Gasteiger partial charge on any atom is -0.281 e. The van der Waals surface area contributed by atoms with E-state index in [1.807, 2.05) is 18.2 Å². The molecule has 0 aliphatic rings. The SMILES string of the molecule is CCC(F)(F)C(F)(F)C(F)(F)C(F)(F)C(F)(F)C(F)(F)S(=O)(=O)O.c1ccncc1. The van der Waals surface area contributed by atoms with Gasteiger partial charge < -0.3 is 0 Å². The number of rotatable bonds is 7. The number of halogens is 12. The zero-order valence-corrected chi connectivity index (χ0v) is 15.1. The lowest BCUT2D eigenvalue weighted by molar-refractivity contribution is -0.417. The fraction of sp³-hybridized carbons (Fsp3) is 0.615. The summed E-state index contributed by atoms with van der Waals surface area (Å²) >= 11 is 0. The Labute approximate surface area is 160 Å². The molecule has 4 nitrogen and oxygen atoms in total. The van der Waals surface area contributed by atoms with E-state index in [0.717, 1.165) is 0 Å². The second-order valence-corrected chi connectivity index (χ2v) is 6.83. The summed E-state index contributed by atoms with van der Waals surface area (Å²) < 4.78 is 182. The Kier molecular flexibility index (Phi) is 7.89. The van der Waals surface area contributed by atoms with E-state index in [-0.39, 0.29) is 6.92 Å². The average molecular weight is 489 g/mol. The van der Waals surface area contributed by atoms with Crippen molar-refractivity contribution in [3.63, 3.8) is 0 Å². The topological polar surface area (TPSA) is 67.3 Å². The highest BCUT2D eigenvalue weighted by Crippen LogP contribution is 2.61. The fourth-order valence-electron chi connectivity index (χ4n) is 1.50. The van der Waals surface area contributed by atoms with E-state index < -0.39 is 51.4 Å². The number of hydrogen-bond acceptors (Lipinski definition) is 3. The highest BCUT2D eigenvalue weighted by molar-refractivity contribution is 7.87. The first-order chi connectivity index (χ1) is 13.1. The van der Waals surface area contributed by atoms with Gasteiger partial charge in [-0.3, -0.25) is 9.54 Å². The first kappa shape index (κ1) is 28.2. The third-order valence-corrected chi connectivity index (χ3v) is 4.25. The smallest absolute Gasteiger partial charge is 0.281 e. The number of aromatic nitrogens is 1. The third kappa shape index (κ3) is 4.45. The summed E-state index contributed by atoms with van der Waals surface area (Å²) in [4.78, 5) is 3.78. The van der Waals surface area contributed by atoms with Gasteiger partial charge in [-0.1, -0.05) is 13.0 Å². The van der Waals surface area contributed by atoms with Crippen molar-refractivity contribution in [2.24, 2.45) is 0 Å². The molecule has 1 heterocycles. The fourth-order valence-corrected chi connectivity index (χ4v) is 1.96. The van der Waals surface area contributed by atoms with Gasteiger partial charge in [0.15, 0.2) is 0 Å². The monoisotopic (exact) mass is 489 g/mol. The molecule has 0 fully saturated rings. The Bertz CT molecular complexity index is 772. The lowest BCUT2D eigenvalue weighted by atomic mass is 9.93. The number of hydrogen-bond donors (Lipinski definition) is 1. The van der Waals surface area contributed by atoms with Crippen molar-refractivity contribution in [2.75, 3.05) is 0 Å². The van der Waals surface area contributed by atoms with Gasteiger partial charge in [0.2, 0.25) is 0 Å². The van der Waals surface area contributed by atoms with E-state index in [0.29, 0.717) is 0 Å². The Morgan fingerprint density at radius 3 is 1.30 bits per heavy atom. The van der Waals surface area contributed by atoms with E-state index in [1.54, 1.807) is 12.4 Å². The number of alkyl halides is 12. The molecule has 30 heavy (non-hydrogen) atoms. The van der Waals surface area contributed by atoms with Gasteiger partial charge in [-0.05, 0) is 12.1 Å². The Balaban J connectivity index is 0.00000118. The van der Waals surface area contributed by atoms with Crippen LogP contribution < -0.4 is 0 Å². The predicted molar refractivity (Wildman–Crippen MR) is 75.8 cm³/mol. The summed E-state index contributed by atoms with van der Waals surface area (Å²) in [7, 11) is -7.52. The normalized spacial score (nSPS) is 14.7. The molecule has 0 bridgehead atoms. The van der Waals surface area contributed by atoms with Crippen molar-refractivity contribution in [3.05, 3.63) is 30.6 Å². The first-order valence-electron chi connectivity index (χ1n) is 7.15. The van der Waals surface area contributed by atoms with Gasteiger partial charge in [0, 0.05) is 18.8 Å². The summed E-state index contributed by atoms with van der Waals surface area (Å²) in [5.41, 5.74) is 0. The molecule has 0 saturated heterocycles. The van der Waals surface area contributed by atoms with Gasteiger partial charge in [-0.25, -0.2) is 0 Å². The van der Waals surface area contributed by atoms with E-state index in [2.05, 4.69) is 4.98 Å². The summed E-state index contributed by atoms with van der Waals surface area (Å²) in [5, 5.41) is -7.40. The summed E-state index contributed by atoms with van der Waals surface area (Å²) in [6, 6.07) is 5.72. The molecule has 1 rings (SSSR count). The van der Waals surface area contributed by atoms with E-state index >= 15 is 0 Å². The Hall–Kier alpha value is -1.78. The molecule has 0 aliphatic carbocycles. The zero-order chi connectivity index (χ0) is 24.4. The molecule has 0 amide bonds. The van der Waals surface area contributed by atoms with Crippen molar-refractivity contribution in [1.82, 2.24) is 4.98 Å². The molecule has 0 spiro atoms. The molecule has 0 atom stereocenters. The average Bonchev–Trinajstić information content (AvgIpc) is 2.61. The molecule has 17 heteroatoms. The molecule has 0 unspecified atom stereocenters. The maximum Gasteiger partial charge on any atom is 0.438 e. The second kappa shape index (κ2) is 8.39. The maximum absolute atomic E-state index is 13.0. The van der Waals surface area contributed by atoms with Crippen LogP contribution in [0.25, 0.3) is 0 Å². The van der Waals surface area contributed by atoms with E-state index in [4.69, 9.17) is 4.55 Å². The number of nitrogens with zero attached hydrogens (tertiary/aromatic N) is 1.